The maximum atomic E-state index is 11.2. The zero-order valence-corrected chi connectivity index (χ0v) is 10.5. The Labute approximate surface area is 106 Å². The first-order chi connectivity index (χ1) is 8.56. The van der Waals surface area contributed by atoms with E-state index in [1.807, 2.05) is 0 Å². The lowest BCUT2D eigenvalue weighted by molar-refractivity contribution is -0.137. The monoisotopic (exact) mass is 257 g/mol. The maximum absolute atomic E-state index is 11.2. The standard InChI is InChI=1S/C11H19N3O4/c1-3-10(16)18-8-7-14-11(17)13-6-4-5-12-9(2)15/h3H,1,4-8H2,2H3,(H,12,15)(H2,13,14,17). The zero-order chi connectivity index (χ0) is 13.8. The second-order valence-electron chi connectivity index (χ2n) is 3.39. The van der Waals surface area contributed by atoms with Crippen LogP contribution in [0.4, 0.5) is 4.79 Å². The number of carbonyl (C=O) groups excluding carboxylic acids is 3. The van der Waals surface area contributed by atoms with Gasteiger partial charge < -0.3 is 20.7 Å². The Morgan fingerprint density at radius 2 is 1.72 bits per heavy atom. The Hall–Kier alpha value is -2.05. The maximum Gasteiger partial charge on any atom is 0.330 e. The number of carbonyl (C=O) groups is 3. The van der Waals surface area contributed by atoms with Crippen LogP contribution in [0.15, 0.2) is 12.7 Å². The number of nitrogens with one attached hydrogen (secondary N) is 3. The van der Waals surface area contributed by atoms with Crippen LogP contribution in [0, 0.1) is 0 Å². The molecule has 0 atom stereocenters. The van der Waals surface area contributed by atoms with E-state index in [1.54, 1.807) is 0 Å². The smallest absolute Gasteiger partial charge is 0.330 e. The fraction of sp³-hybridized carbons (Fsp3) is 0.545. The minimum atomic E-state index is -0.521. The summed E-state index contributed by atoms with van der Waals surface area (Å²) in [4.78, 5) is 32.4. The highest BCUT2D eigenvalue weighted by Crippen LogP contribution is 1.78. The Kier molecular flexibility index (Phi) is 8.97. The molecule has 0 aromatic heterocycles. The van der Waals surface area contributed by atoms with Crippen LogP contribution in [0.5, 0.6) is 0 Å². The van der Waals surface area contributed by atoms with E-state index in [0.717, 1.165) is 6.08 Å². The van der Waals surface area contributed by atoms with Crippen molar-refractivity contribution in [2.45, 2.75) is 13.3 Å². The van der Waals surface area contributed by atoms with Gasteiger partial charge in [-0.05, 0) is 6.42 Å². The van der Waals surface area contributed by atoms with Gasteiger partial charge in [-0.15, -0.1) is 0 Å². The number of amides is 3. The van der Waals surface area contributed by atoms with Gasteiger partial charge in [-0.2, -0.15) is 0 Å². The summed E-state index contributed by atoms with van der Waals surface area (Å²) in [5, 5.41) is 7.72. The summed E-state index contributed by atoms with van der Waals surface area (Å²) in [6.07, 6.45) is 1.71. The molecule has 0 saturated heterocycles. The molecule has 0 heterocycles. The normalized spacial score (nSPS) is 9.17. The molecule has 0 bridgehead atoms. The van der Waals surface area contributed by atoms with Crippen molar-refractivity contribution in [3.05, 3.63) is 12.7 Å². The molecule has 0 rings (SSSR count). The Morgan fingerprint density at radius 3 is 2.33 bits per heavy atom. The molecular formula is C11H19N3O4. The van der Waals surface area contributed by atoms with Crippen LogP contribution >= 0.6 is 0 Å². The van der Waals surface area contributed by atoms with E-state index < -0.39 is 5.97 Å². The van der Waals surface area contributed by atoms with Gasteiger partial charge in [-0.25, -0.2) is 9.59 Å². The van der Waals surface area contributed by atoms with Crippen molar-refractivity contribution in [3.8, 4) is 0 Å². The first kappa shape index (κ1) is 16.0. The number of urea groups is 1. The zero-order valence-electron chi connectivity index (χ0n) is 10.5. The molecule has 3 N–H and O–H groups in total. The highest BCUT2D eigenvalue weighted by molar-refractivity contribution is 5.81. The van der Waals surface area contributed by atoms with Crippen molar-refractivity contribution in [2.75, 3.05) is 26.2 Å². The molecular weight excluding hydrogens is 238 g/mol. The number of hydrogen-bond donors (Lipinski definition) is 3. The van der Waals surface area contributed by atoms with Crippen LogP contribution in [-0.2, 0) is 14.3 Å². The van der Waals surface area contributed by atoms with Crippen LogP contribution in [0.3, 0.4) is 0 Å². The first-order valence-corrected chi connectivity index (χ1v) is 5.61. The molecule has 0 aromatic rings. The van der Waals surface area contributed by atoms with E-state index in [0.29, 0.717) is 19.5 Å². The summed E-state index contributed by atoms with van der Waals surface area (Å²) in [6.45, 7) is 5.99. The van der Waals surface area contributed by atoms with Gasteiger partial charge in [0.2, 0.25) is 5.91 Å². The van der Waals surface area contributed by atoms with Gasteiger partial charge in [0.05, 0.1) is 6.54 Å². The molecule has 0 aliphatic heterocycles. The number of rotatable bonds is 8. The van der Waals surface area contributed by atoms with Crippen molar-refractivity contribution >= 4 is 17.9 Å². The molecule has 0 aliphatic carbocycles. The minimum Gasteiger partial charge on any atom is -0.461 e. The SMILES string of the molecule is C=CC(=O)OCCNC(=O)NCCCNC(C)=O. The second kappa shape index (κ2) is 10.1. The largest absolute Gasteiger partial charge is 0.461 e. The Bertz CT molecular complexity index is 305. The minimum absolute atomic E-state index is 0.0940. The molecule has 18 heavy (non-hydrogen) atoms. The molecule has 0 aliphatic rings. The predicted octanol–water partition coefficient (Wildman–Crippen LogP) is -0.459. The second-order valence-corrected chi connectivity index (χ2v) is 3.39. The van der Waals surface area contributed by atoms with Gasteiger partial charge in [-0.1, -0.05) is 6.58 Å². The lowest BCUT2D eigenvalue weighted by Crippen LogP contribution is -2.38. The lowest BCUT2D eigenvalue weighted by atomic mass is 10.4. The third-order valence-electron chi connectivity index (χ3n) is 1.81. The molecule has 0 radical (unpaired) electrons. The third-order valence-corrected chi connectivity index (χ3v) is 1.81. The van der Waals surface area contributed by atoms with E-state index in [2.05, 4.69) is 27.3 Å². The highest BCUT2D eigenvalue weighted by atomic mass is 16.5. The van der Waals surface area contributed by atoms with Crippen molar-refractivity contribution in [3.63, 3.8) is 0 Å². The van der Waals surface area contributed by atoms with Crippen molar-refractivity contribution in [2.24, 2.45) is 0 Å². The van der Waals surface area contributed by atoms with Gasteiger partial charge in [0.1, 0.15) is 6.61 Å². The molecule has 0 saturated carbocycles. The predicted molar refractivity (Wildman–Crippen MR) is 65.9 cm³/mol. The van der Waals surface area contributed by atoms with Crippen LogP contribution in [0.2, 0.25) is 0 Å². The number of hydrogen-bond acceptors (Lipinski definition) is 4. The van der Waals surface area contributed by atoms with E-state index in [-0.39, 0.29) is 25.1 Å². The molecule has 0 aromatic carbocycles. The molecule has 7 nitrogen and oxygen atoms in total. The van der Waals surface area contributed by atoms with Crippen molar-refractivity contribution < 1.29 is 19.1 Å². The van der Waals surface area contributed by atoms with Gasteiger partial charge in [0.25, 0.3) is 0 Å². The average molecular weight is 257 g/mol. The molecule has 7 heteroatoms. The van der Waals surface area contributed by atoms with Crippen LogP contribution < -0.4 is 16.0 Å². The van der Waals surface area contributed by atoms with Gasteiger partial charge in [0, 0.05) is 26.1 Å². The molecule has 0 unspecified atom stereocenters. The summed E-state index contributed by atoms with van der Waals surface area (Å²) in [5.41, 5.74) is 0. The van der Waals surface area contributed by atoms with E-state index >= 15 is 0 Å². The summed E-state index contributed by atoms with van der Waals surface area (Å²) in [5.74, 6) is -0.615. The summed E-state index contributed by atoms with van der Waals surface area (Å²) in [7, 11) is 0. The summed E-state index contributed by atoms with van der Waals surface area (Å²) in [6, 6.07) is -0.340. The molecule has 102 valence electrons. The molecule has 0 spiro atoms. The fourth-order valence-corrected chi connectivity index (χ4v) is 0.992. The van der Waals surface area contributed by atoms with Crippen LogP contribution in [-0.4, -0.2) is 44.1 Å². The van der Waals surface area contributed by atoms with E-state index in [4.69, 9.17) is 0 Å². The first-order valence-electron chi connectivity index (χ1n) is 5.61. The van der Waals surface area contributed by atoms with Crippen molar-refractivity contribution in [1.82, 2.24) is 16.0 Å². The summed E-state index contributed by atoms with van der Waals surface area (Å²) < 4.78 is 4.66. The molecule has 3 amide bonds. The summed E-state index contributed by atoms with van der Waals surface area (Å²) >= 11 is 0. The van der Waals surface area contributed by atoms with Crippen LogP contribution in [0.1, 0.15) is 13.3 Å². The Morgan fingerprint density at radius 1 is 1.11 bits per heavy atom. The van der Waals surface area contributed by atoms with Gasteiger partial charge in [0.15, 0.2) is 0 Å². The fourth-order valence-electron chi connectivity index (χ4n) is 0.992. The number of ether oxygens (including phenoxy) is 1. The van der Waals surface area contributed by atoms with Gasteiger partial charge >= 0.3 is 12.0 Å². The Balaban J connectivity index is 3.35. The third kappa shape index (κ3) is 10.5. The quantitative estimate of drug-likeness (QED) is 0.311. The lowest BCUT2D eigenvalue weighted by Gasteiger charge is -2.07. The van der Waals surface area contributed by atoms with Crippen LogP contribution in [0.25, 0.3) is 0 Å². The average Bonchev–Trinajstić information content (AvgIpc) is 2.33. The van der Waals surface area contributed by atoms with Gasteiger partial charge in [-0.3, -0.25) is 4.79 Å². The topological polar surface area (TPSA) is 96.5 Å². The highest BCUT2D eigenvalue weighted by Gasteiger charge is 2.00. The van der Waals surface area contributed by atoms with E-state index in [9.17, 15) is 14.4 Å². The van der Waals surface area contributed by atoms with Crippen molar-refractivity contribution in [1.29, 1.82) is 0 Å². The molecule has 0 fully saturated rings. The van der Waals surface area contributed by atoms with E-state index in [1.165, 1.54) is 6.92 Å². The number of esters is 1.